The van der Waals surface area contributed by atoms with Gasteiger partial charge in [0.2, 0.25) is 0 Å². The Morgan fingerprint density at radius 1 is 1.25 bits per heavy atom. The Balaban J connectivity index is 1.82. The SMILES string of the molecule is CC1(C)CCC(OC(=O)/C=C/c2ccc(N)cc2)CC1. The van der Waals surface area contributed by atoms with Crippen molar-refractivity contribution in [3.8, 4) is 0 Å². The number of ether oxygens (including phenoxy) is 1. The highest BCUT2D eigenvalue weighted by atomic mass is 16.5. The van der Waals surface area contributed by atoms with Gasteiger partial charge in [0.1, 0.15) is 6.10 Å². The van der Waals surface area contributed by atoms with Crippen molar-refractivity contribution in [2.45, 2.75) is 45.6 Å². The average molecular weight is 273 g/mol. The lowest BCUT2D eigenvalue weighted by molar-refractivity contribution is -0.145. The monoisotopic (exact) mass is 273 g/mol. The molecular weight excluding hydrogens is 250 g/mol. The summed E-state index contributed by atoms with van der Waals surface area (Å²) in [4.78, 5) is 11.8. The number of nitrogen functional groups attached to an aromatic ring is 1. The minimum absolute atomic E-state index is 0.0755. The van der Waals surface area contributed by atoms with Crippen molar-refractivity contribution < 1.29 is 9.53 Å². The summed E-state index contributed by atoms with van der Waals surface area (Å²) in [6.45, 7) is 4.54. The topological polar surface area (TPSA) is 52.3 Å². The van der Waals surface area contributed by atoms with E-state index in [0.717, 1.165) is 36.9 Å². The molecule has 1 aliphatic rings. The van der Waals surface area contributed by atoms with Crippen LogP contribution in [0.3, 0.4) is 0 Å². The fraction of sp³-hybridized carbons (Fsp3) is 0.471. The van der Waals surface area contributed by atoms with E-state index in [2.05, 4.69) is 13.8 Å². The first-order chi connectivity index (χ1) is 9.44. The standard InChI is InChI=1S/C17H23NO2/c1-17(2)11-9-15(10-12-17)20-16(19)8-5-13-3-6-14(18)7-4-13/h3-8,15H,9-12,18H2,1-2H3/b8-5+. The van der Waals surface area contributed by atoms with Crippen molar-refractivity contribution >= 4 is 17.7 Å². The Hall–Kier alpha value is -1.77. The lowest BCUT2D eigenvalue weighted by Gasteiger charge is -2.33. The molecule has 0 heterocycles. The number of anilines is 1. The smallest absolute Gasteiger partial charge is 0.331 e. The third-order valence-electron chi connectivity index (χ3n) is 3.92. The zero-order valence-electron chi connectivity index (χ0n) is 12.3. The largest absolute Gasteiger partial charge is 0.459 e. The summed E-state index contributed by atoms with van der Waals surface area (Å²) in [5.74, 6) is -0.258. The van der Waals surface area contributed by atoms with Crippen LogP contribution < -0.4 is 5.73 Å². The van der Waals surface area contributed by atoms with E-state index in [9.17, 15) is 4.79 Å². The first kappa shape index (κ1) is 14.6. The second kappa shape index (κ2) is 6.12. The third kappa shape index (κ3) is 4.41. The van der Waals surface area contributed by atoms with Gasteiger partial charge in [-0.25, -0.2) is 4.79 Å². The van der Waals surface area contributed by atoms with Crippen LogP contribution in [0.4, 0.5) is 5.69 Å². The van der Waals surface area contributed by atoms with E-state index >= 15 is 0 Å². The second-order valence-corrected chi connectivity index (χ2v) is 6.30. The van der Waals surface area contributed by atoms with E-state index in [4.69, 9.17) is 10.5 Å². The minimum Gasteiger partial charge on any atom is -0.459 e. The molecule has 0 amide bonds. The zero-order valence-corrected chi connectivity index (χ0v) is 12.3. The van der Waals surface area contributed by atoms with Crippen LogP contribution in [-0.4, -0.2) is 12.1 Å². The van der Waals surface area contributed by atoms with Crippen LogP contribution in [0.2, 0.25) is 0 Å². The fourth-order valence-corrected chi connectivity index (χ4v) is 2.47. The number of rotatable bonds is 3. The molecule has 2 rings (SSSR count). The number of hydrogen-bond acceptors (Lipinski definition) is 3. The Kier molecular flexibility index (Phi) is 4.48. The summed E-state index contributed by atoms with van der Waals surface area (Å²) in [6.07, 6.45) is 7.49. The average Bonchev–Trinajstić information content (AvgIpc) is 2.41. The maximum Gasteiger partial charge on any atom is 0.331 e. The molecule has 0 saturated heterocycles. The lowest BCUT2D eigenvalue weighted by atomic mass is 9.76. The van der Waals surface area contributed by atoms with Gasteiger partial charge >= 0.3 is 5.97 Å². The number of benzene rings is 1. The predicted molar refractivity (Wildman–Crippen MR) is 82.0 cm³/mol. The van der Waals surface area contributed by atoms with E-state index in [0.29, 0.717) is 5.41 Å². The van der Waals surface area contributed by atoms with E-state index in [1.165, 1.54) is 6.08 Å². The summed E-state index contributed by atoms with van der Waals surface area (Å²) < 4.78 is 5.48. The first-order valence-electron chi connectivity index (χ1n) is 7.19. The third-order valence-corrected chi connectivity index (χ3v) is 3.92. The van der Waals surface area contributed by atoms with Crippen LogP contribution in [0, 0.1) is 5.41 Å². The molecule has 20 heavy (non-hydrogen) atoms. The van der Waals surface area contributed by atoms with Crippen LogP contribution >= 0.6 is 0 Å². The van der Waals surface area contributed by atoms with Gasteiger partial charge in [0.25, 0.3) is 0 Å². The highest BCUT2D eigenvalue weighted by Crippen LogP contribution is 2.36. The number of hydrogen-bond donors (Lipinski definition) is 1. The van der Waals surface area contributed by atoms with Crippen molar-refractivity contribution in [1.82, 2.24) is 0 Å². The highest BCUT2D eigenvalue weighted by molar-refractivity contribution is 5.87. The van der Waals surface area contributed by atoms with Gasteiger partial charge in [-0.3, -0.25) is 0 Å². The zero-order chi connectivity index (χ0) is 14.6. The van der Waals surface area contributed by atoms with Gasteiger partial charge in [-0.2, -0.15) is 0 Å². The van der Waals surface area contributed by atoms with Gasteiger partial charge in [0, 0.05) is 11.8 Å². The molecule has 0 aromatic heterocycles. The van der Waals surface area contributed by atoms with Crippen LogP contribution in [0.25, 0.3) is 6.08 Å². The van der Waals surface area contributed by atoms with Crippen molar-refractivity contribution in [2.24, 2.45) is 5.41 Å². The Bertz CT molecular complexity index is 478. The molecule has 3 nitrogen and oxygen atoms in total. The quantitative estimate of drug-likeness (QED) is 0.518. The summed E-state index contributed by atoms with van der Waals surface area (Å²) >= 11 is 0. The molecule has 1 fully saturated rings. The molecule has 1 aromatic carbocycles. The van der Waals surface area contributed by atoms with Gasteiger partial charge in [-0.15, -0.1) is 0 Å². The van der Waals surface area contributed by atoms with E-state index in [-0.39, 0.29) is 12.1 Å². The minimum atomic E-state index is -0.258. The van der Waals surface area contributed by atoms with Crippen molar-refractivity contribution in [3.63, 3.8) is 0 Å². The molecule has 3 heteroatoms. The molecule has 1 aromatic rings. The molecule has 0 spiro atoms. The molecule has 2 N–H and O–H groups in total. The van der Waals surface area contributed by atoms with Crippen LogP contribution in [0.1, 0.15) is 45.1 Å². The maximum absolute atomic E-state index is 11.8. The van der Waals surface area contributed by atoms with E-state index < -0.39 is 0 Å². The highest BCUT2D eigenvalue weighted by Gasteiger charge is 2.28. The summed E-state index contributed by atoms with van der Waals surface area (Å²) in [5, 5.41) is 0. The summed E-state index contributed by atoms with van der Waals surface area (Å²) in [5.41, 5.74) is 7.67. The molecule has 0 aliphatic heterocycles. The number of nitrogens with two attached hydrogens (primary N) is 1. The Labute approximate surface area is 120 Å². The van der Waals surface area contributed by atoms with Crippen molar-refractivity contribution in [3.05, 3.63) is 35.9 Å². The predicted octanol–water partition coefficient (Wildman–Crippen LogP) is 3.79. The first-order valence-corrected chi connectivity index (χ1v) is 7.19. The van der Waals surface area contributed by atoms with E-state index in [1.54, 1.807) is 6.08 Å². The molecule has 1 saturated carbocycles. The van der Waals surface area contributed by atoms with Crippen LogP contribution in [0.15, 0.2) is 30.3 Å². The number of carbonyl (C=O) groups is 1. The Morgan fingerprint density at radius 2 is 1.85 bits per heavy atom. The van der Waals surface area contributed by atoms with Gasteiger partial charge < -0.3 is 10.5 Å². The molecule has 0 radical (unpaired) electrons. The summed E-state index contributed by atoms with van der Waals surface area (Å²) in [7, 11) is 0. The van der Waals surface area contributed by atoms with Crippen LogP contribution in [-0.2, 0) is 9.53 Å². The molecule has 0 atom stereocenters. The second-order valence-electron chi connectivity index (χ2n) is 6.30. The fourth-order valence-electron chi connectivity index (χ4n) is 2.47. The molecule has 108 valence electrons. The Morgan fingerprint density at radius 3 is 2.45 bits per heavy atom. The van der Waals surface area contributed by atoms with Gasteiger partial charge in [-0.1, -0.05) is 26.0 Å². The summed E-state index contributed by atoms with van der Waals surface area (Å²) in [6, 6.07) is 7.38. The molecule has 0 unspecified atom stereocenters. The maximum atomic E-state index is 11.8. The number of carbonyl (C=O) groups excluding carboxylic acids is 1. The molecular formula is C17H23NO2. The van der Waals surface area contributed by atoms with E-state index in [1.807, 2.05) is 24.3 Å². The lowest BCUT2D eigenvalue weighted by Crippen LogP contribution is -2.27. The van der Waals surface area contributed by atoms with Crippen LogP contribution in [0.5, 0.6) is 0 Å². The van der Waals surface area contributed by atoms with Gasteiger partial charge in [0.15, 0.2) is 0 Å². The van der Waals surface area contributed by atoms with Crippen molar-refractivity contribution in [1.29, 1.82) is 0 Å². The van der Waals surface area contributed by atoms with Crippen molar-refractivity contribution in [2.75, 3.05) is 5.73 Å². The number of esters is 1. The van der Waals surface area contributed by atoms with Gasteiger partial charge in [-0.05, 0) is 54.9 Å². The molecule has 0 bridgehead atoms. The molecule has 1 aliphatic carbocycles. The normalized spacial score (nSPS) is 19.1. The van der Waals surface area contributed by atoms with Gasteiger partial charge in [0.05, 0.1) is 0 Å².